The van der Waals surface area contributed by atoms with Crippen molar-refractivity contribution in [1.29, 1.82) is 5.26 Å². The summed E-state index contributed by atoms with van der Waals surface area (Å²) in [6, 6.07) is 6.66. The van der Waals surface area contributed by atoms with Crippen LogP contribution >= 0.6 is 11.6 Å². The van der Waals surface area contributed by atoms with E-state index >= 15 is 0 Å². The first-order chi connectivity index (χ1) is 7.74. The van der Waals surface area contributed by atoms with Crippen LogP contribution in [0.3, 0.4) is 0 Å². The van der Waals surface area contributed by atoms with Crippen molar-refractivity contribution in [1.82, 2.24) is 20.2 Å². The number of alkyl halides is 1. The molecule has 0 unspecified atom stereocenters. The van der Waals surface area contributed by atoms with E-state index < -0.39 is 6.80 Å². The summed E-state index contributed by atoms with van der Waals surface area (Å²) in [6.07, 6.45) is 0. The molecule has 0 saturated heterocycles. The number of rotatable bonds is 2. The zero-order valence-electron chi connectivity index (χ0n) is 7.93. The van der Waals surface area contributed by atoms with Gasteiger partial charge in [-0.25, -0.2) is 4.39 Å². The molecular weight excluding hydrogens is 233 g/mol. The monoisotopic (exact) mass is 237 g/mol. The highest BCUT2D eigenvalue weighted by Crippen LogP contribution is 2.23. The molecule has 0 aliphatic heterocycles. The minimum Gasteiger partial charge on any atom is -0.223 e. The molecule has 2 rings (SSSR count). The lowest BCUT2D eigenvalue weighted by molar-refractivity contribution is 0.314. The van der Waals surface area contributed by atoms with Crippen LogP contribution in [0.1, 0.15) is 5.56 Å². The van der Waals surface area contributed by atoms with Gasteiger partial charge in [-0.05, 0) is 23.4 Å². The first-order valence-electron chi connectivity index (χ1n) is 4.28. The van der Waals surface area contributed by atoms with Gasteiger partial charge in [-0.3, -0.25) is 0 Å². The summed E-state index contributed by atoms with van der Waals surface area (Å²) < 4.78 is 12.2. The lowest BCUT2D eigenvalue weighted by Crippen LogP contribution is -1.97. The summed E-state index contributed by atoms with van der Waals surface area (Å²) in [5, 5.41) is 20.2. The van der Waals surface area contributed by atoms with Gasteiger partial charge in [0, 0.05) is 10.6 Å². The van der Waals surface area contributed by atoms with Crippen LogP contribution in [-0.4, -0.2) is 20.2 Å². The van der Waals surface area contributed by atoms with Gasteiger partial charge < -0.3 is 0 Å². The van der Waals surface area contributed by atoms with Crippen LogP contribution in [0.2, 0.25) is 5.02 Å². The largest absolute Gasteiger partial charge is 0.223 e. The van der Waals surface area contributed by atoms with Crippen LogP contribution in [0.25, 0.3) is 11.4 Å². The fourth-order valence-electron chi connectivity index (χ4n) is 1.20. The molecule has 0 fully saturated rings. The summed E-state index contributed by atoms with van der Waals surface area (Å²) in [5.74, 6) is 0.178. The first-order valence-corrected chi connectivity index (χ1v) is 4.66. The molecule has 1 heterocycles. The molecule has 0 atom stereocenters. The molecule has 0 aliphatic carbocycles. The Kier molecular flexibility index (Phi) is 2.79. The fraction of sp³-hybridized carbons (Fsp3) is 0.111. The molecule has 0 N–H and O–H groups in total. The van der Waals surface area contributed by atoms with Crippen molar-refractivity contribution in [3.05, 3.63) is 28.8 Å². The average molecular weight is 238 g/mol. The molecule has 0 radical (unpaired) electrons. The maximum atomic E-state index is 12.2. The predicted molar refractivity (Wildman–Crippen MR) is 54.1 cm³/mol. The zero-order chi connectivity index (χ0) is 11.5. The summed E-state index contributed by atoms with van der Waals surface area (Å²) in [6.45, 7) is -0.866. The normalized spacial score (nSPS) is 10.1. The second kappa shape index (κ2) is 4.24. The minimum atomic E-state index is -0.866. The molecule has 1 aromatic carbocycles. The Balaban J connectivity index is 2.54. The van der Waals surface area contributed by atoms with Crippen LogP contribution in [0, 0.1) is 11.3 Å². The van der Waals surface area contributed by atoms with Crippen molar-refractivity contribution < 1.29 is 4.39 Å². The molecule has 1 aromatic heterocycles. The first kappa shape index (κ1) is 10.5. The van der Waals surface area contributed by atoms with E-state index in [0.29, 0.717) is 16.1 Å². The van der Waals surface area contributed by atoms with Gasteiger partial charge in [0.25, 0.3) is 0 Å². The molecule has 0 bridgehead atoms. The smallest absolute Gasteiger partial charge is 0.206 e. The van der Waals surface area contributed by atoms with Crippen molar-refractivity contribution >= 4 is 11.6 Å². The number of tetrazole rings is 1. The second-order valence-electron chi connectivity index (χ2n) is 2.91. The van der Waals surface area contributed by atoms with Crippen molar-refractivity contribution in [3.63, 3.8) is 0 Å². The molecule has 0 amide bonds. The highest BCUT2D eigenvalue weighted by Gasteiger charge is 2.11. The van der Waals surface area contributed by atoms with Crippen LogP contribution in [-0.2, 0) is 6.80 Å². The standard InChI is InChI=1S/C9H5ClFN5/c10-7-2-1-6(4-12)8(3-7)9-13-15-16(5-11)14-9/h1-3H,5H2. The van der Waals surface area contributed by atoms with E-state index in [2.05, 4.69) is 15.4 Å². The van der Waals surface area contributed by atoms with E-state index in [1.54, 1.807) is 18.2 Å². The van der Waals surface area contributed by atoms with Crippen molar-refractivity contribution in [2.24, 2.45) is 0 Å². The van der Waals surface area contributed by atoms with Gasteiger partial charge in [0.05, 0.1) is 11.6 Å². The van der Waals surface area contributed by atoms with Crippen molar-refractivity contribution in [3.8, 4) is 17.5 Å². The van der Waals surface area contributed by atoms with Gasteiger partial charge in [-0.1, -0.05) is 11.6 Å². The Morgan fingerprint density at radius 2 is 2.31 bits per heavy atom. The molecular formula is C9H5ClFN5. The highest BCUT2D eigenvalue weighted by molar-refractivity contribution is 6.30. The van der Waals surface area contributed by atoms with Crippen LogP contribution < -0.4 is 0 Å². The molecule has 16 heavy (non-hydrogen) atoms. The van der Waals surface area contributed by atoms with E-state index in [4.69, 9.17) is 16.9 Å². The number of nitrogens with zero attached hydrogens (tertiary/aromatic N) is 5. The maximum Gasteiger partial charge on any atom is 0.206 e. The molecule has 7 heteroatoms. The Labute approximate surface area is 95.1 Å². The van der Waals surface area contributed by atoms with Crippen LogP contribution in [0.15, 0.2) is 18.2 Å². The van der Waals surface area contributed by atoms with Crippen LogP contribution in [0.4, 0.5) is 4.39 Å². The van der Waals surface area contributed by atoms with Gasteiger partial charge >= 0.3 is 0 Å². The molecule has 0 spiro atoms. The maximum absolute atomic E-state index is 12.2. The third-order valence-corrected chi connectivity index (χ3v) is 2.14. The van der Waals surface area contributed by atoms with Crippen LogP contribution in [0.5, 0.6) is 0 Å². The van der Waals surface area contributed by atoms with E-state index in [1.165, 1.54) is 0 Å². The molecule has 0 aliphatic rings. The van der Waals surface area contributed by atoms with Crippen molar-refractivity contribution in [2.75, 3.05) is 0 Å². The Morgan fingerprint density at radius 1 is 1.50 bits per heavy atom. The predicted octanol–water partition coefficient (Wildman–Crippen LogP) is 1.79. The lowest BCUT2D eigenvalue weighted by atomic mass is 10.1. The van der Waals surface area contributed by atoms with Gasteiger partial charge in [0.15, 0.2) is 0 Å². The van der Waals surface area contributed by atoms with Gasteiger partial charge in [0.1, 0.15) is 0 Å². The summed E-state index contributed by atoms with van der Waals surface area (Å²) in [7, 11) is 0. The number of hydrogen-bond acceptors (Lipinski definition) is 4. The average Bonchev–Trinajstić information content (AvgIpc) is 2.77. The summed E-state index contributed by atoms with van der Waals surface area (Å²) in [5.41, 5.74) is 0.803. The third kappa shape index (κ3) is 1.85. The Bertz CT molecular complexity index is 559. The summed E-state index contributed by atoms with van der Waals surface area (Å²) in [4.78, 5) is 0.789. The van der Waals surface area contributed by atoms with Crippen molar-refractivity contribution in [2.45, 2.75) is 6.80 Å². The topological polar surface area (TPSA) is 67.4 Å². The van der Waals surface area contributed by atoms with Gasteiger partial charge in [-0.15, -0.1) is 15.0 Å². The number of benzene rings is 1. The van der Waals surface area contributed by atoms with E-state index in [-0.39, 0.29) is 5.82 Å². The molecule has 0 saturated carbocycles. The summed E-state index contributed by atoms with van der Waals surface area (Å²) >= 11 is 5.80. The number of aromatic nitrogens is 4. The molecule has 5 nitrogen and oxygen atoms in total. The van der Waals surface area contributed by atoms with Gasteiger partial charge in [-0.2, -0.15) is 5.26 Å². The third-order valence-electron chi connectivity index (χ3n) is 1.90. The fourth-order valence-corrected chi connectivity index (χ4v) is 1.37. The number of hydrogen-bond donors (Lipinski definition) is 0. The Morgan fingerprint density at radius 3 is 2.94 bits per heavy atom. The van der Waals surface area contributed by atoms with E-state index in [9.17, 15) is 4.39 Å². The molecule has 80 valence electrons. The minimum absolute atomic E-state index is 0.178. The second-order valence-corrected chi connectivity index (χ2v) is 3.34. The number of nitriles is 1. The lowest BCUT2D eigenvalue weighted by Gasteiger charge is -1.98. The SMILES string of the molecule is N#Cc1ccc(Cl)cc1-c1nnn(CF)n1. The van der Waals surface area contributed by atoms with E-state index in [0.717, 1.165) is 4.80 Å². The quantitative estimate of drug-likeness (QED) is 0.799. The number of halogens is 2. The van der Waals surface area contributed by atoms with Gasteiger partial charge in [0.2, 0.25) is 12.6 Å². The Hall–Kier alpha value is -2.00. The molecule has 2 aromatic rings. The highest BCUT2D eigenvalue weighted by atomic mass is 35.5. The zero-order valence-corrected chi connectivity index (χ0v) is 8.69. The van der Waals surface area contributed by atoms with E-state index in [1.807, 2.05) is 6.07 Å².